The van der Waals surface area contributed by atoms with Gasteiger partial charge in [0.1, 0.15) is 5.75 Å². The van der Waals surface area contributed by atoms with E-state index in [9.17, 15) is 0 Å². The lowest BCUT2D eigenvalue weighted by Gasteiger charge is -2.28. The first kappa shape index (κ1) is 12.0. The lowest BCUT2D eigenvalue weighted by Crippen LogP contribution is -2.48. The maximum atomic E-state index is 5.75. The molecule has 3 N–H and O–H groups in total. The van der Waals surface area contributed by atoms with E-state index in [1.165, 1.54) is 5.56 Å². The van der Waals surface area contributed by atoms with Crippen LogP contribution in [-0.4, -0.2) is 26.2 Å². The molecule has 0 saturated carbocycles. The number of benzene rings is 1. The summed E-state index contributed by atoms with van der Waals surface area (Å²) in [6, 6.07) is 8.04. The third kappa shape index (κ3) is 2.94. The Morgan fingerprint density at radius 3 is 2.60 bits per heavy atom. The fourth-order valence-electron chi connectivity index (χ4n) is 1.53. The highest BCUT2D eigenvalue weighted by Gasteiger charge is 2.21. The molecule has 0 fully saturated rings. The fourth-order valence-corrected chi connectivity index (χ4v) is 1.53. The van der Waals surface area contributed by atoms with Crippen LogP contribution in [0.15, 0.2) is 24.3 Å². The molecule has 1 aromatic carbocycles. The number of para-hydroxylation sites is 1. The summed E-state index contributed by atoms with van der Waals surface area (Å²) >= 11 is 0. The average molecular weight is 208 g/mol. The molecule has 84 valence electrons. The van der Waals surface area contributed by atoms with Gasteiger partial charge in [-0.2, -0.15) is 0 Å². The van der Waals surface area contributed by atoms with Crippen molar-refractivity contribution in [3.63, 3.8) is 0 Å². The van der Waals surface area contributed by atoms with Crippen molar-refractivity contribution in [1.29, 1.82) is 0 Å². The molecule has 0 aliphatic rings. The molecule has 0 amide bonds. The van der Waals surface area contributed by atoms with E-state index < -0.39 is 0 Å². The molecule has 1 unspecified atom stereocenters. The highest BCUT2D eigenvalue weighted by molar-refractivity contribution is 5.34. The third-order valence-corrected chi connectivity index (χ3v) is 2.83. The normalized spacial score (nSPS) is 14.7. The molecule has 0 aliphatic carbocycles. The number of rotatable bonds is 5. The lowest BCUT2D eigenvalue weighted by atomic mass is 9.92. The average Bonchev–Trinajstić information content (AvgIpc) is 2.29. The number of hydrogen-bond donors (Lipinski definition) is 2. The van der Waals surface area contributed by atoms with Crippen molar-refractivity contribution in [1.82, 2.24) is 5.32 Å². The van der Waals surface area contributed by atoms with Crippen LogP contribution >= 0.6 is 0 Å². The Hall–Kier alpha value is -1.06. The summed E-state index contributed by atoms with van der Waals surface area (Å²) in [5.41, 5.74) is 6.86. The molecule has 15 heavy (non-hydrogen) atoms. The molecule has 1 aromatic rings. The second-order valence-corrected chi connectivity index (χ2v) is 4.00. The van der Waals surface area contributed by atoms with Crippen LogP contribution in [0.2, 0.25) is 0 Å². The van der Waals surface area contributed by atoms with Crippen molar-refractivity contribution in [3.05, 3.63) is 29.8 Å². The van der Waals surface area contributed by atoms with Gasteiger partial charge in [-0.1, -0.05) is 18.2 Å². The first-order valence-electron chi connectivity index (χ1n) is 5.16. The number of hydrogen-bond acceptors (Lipinski definition) is 3. The molecule has 0 aromatic heterocycles. The van der Waals surface area contributed by atoms with E-state index in [1.54, 1.807) is 7.11 Å². The van der Waals surface area contributed by atoms with Crippen LogP contribution in [0.3, 0.4) is 0 Å². The van der Waals surface area contributed by atoms with Gasteiger partial charge < -0.3 is 15.8 Å². The summed E-state index contributed by atoms with van der Waals surface area (Å²) < 4.78 is 5.31. The van der Waals surface area contributed by atoms with Gasteiger partial charge in [0.15, 0.2) is 0 Å². The van der Waals surface area contributed by atoms with E-state index in [0.29, 0.717) is 6.54 Å². The highest BCUT2D eigenvalue weighted by Crippen LogP contribution is 2.22. The molecule has 0 aliphatic heterocycles. The zero-order valence-electron chi connectivity index (χ0n) is 9.71. The SMILES string of the molecule is CNC(C)(CN)Cc1ccccc1OC. The molecule has 0 saturated heterocycles. The van der Waals surface area contributed by atoms with Crippen LogP contribution in [0.5, 0.6) is 5.75 Å². The summed E-state index contributed by atoms with van der Waals surface area (Å²) in [5.74, 6) is 0.924. The highest BCUT2D eigenvalue weighted by atomic mass is 16.5. The Kier molecular flexibility index (Phi) is 4.12. The second-order valence-electron chi connectivity index (χ2n) is 4.00. The minimum Gasteiger partial charge on any atom is -0.496 e. The monoisotopic (exact) mass is 208 g/mol. The van der Waals surface area contributed by atoms with E-state index in [1.807, 2.05) is 25.2 Å². The molecule has 1 atom stereocenters. The second kappa shape index (κ2) is 5.14. The van der Waals surface area contributed by atoms with Crippen molar-refractivity contribution in [2.75, 3.05) is 20.7 Å². The van der Waals surface area contributed by atoms with Gasteiger partial charge in [0.05, 0.1) is 7.11 Å². The molecular weight excluding hydrogens is 188 g/mol. The lowest BCUT2D eigenvalue weighted by molar-refractivity contribution is 0.372. The molecule has 0 spiro atoms. The minimum absolute atomic E-state index is 0.0748. The molecule has 0 bridgehead atoms. The van der Waals surface area contributed by atoms with Gasteiger partial charge in [-0.05, 0) is 32.0 Å². The zero-order chi connectivity index (χ0) is 11.3. The number of nitrogens with two attached hydrogens (primary N) is 1. The summed E-state index contributed by atoms with van der Waals surface area (Å²) in [6.45, 7) is 2.71. The van der Waals surface area contributed by atoms with Crippen molar-refractivity contribution in [3.8, 4) is 5.75 Å². The van der Waals surface area contributed by atoms with E-state index in [0.717, 1.165) is 12.2 Å². The standard InChI is InChI=1S/C12H20N2O/c1-12(9-13,14-2)8-10-6-4-5-7-11(10)15-3/h4-7,14H,8-9,13H2,1-3H3. The largest absolute Gasteiger partial charge is 0.496 e. The number of methoxy groups -OCH3 is 1. The van der Waals surface area contributed by atoms with Gasteiger partial charge in [-0.15, -0.1) is 0 Å². The fraction of sp³-hybridized carbons (Fsp3) is 0.500. The van der Waals surface area contributed by atoms with Crippen LogP contribution in [0.4, 0.5) is 0 Å². The number of likely N-dealkylation sites (N-methyl/N-ethyl adjacent to an activating group) is 1. The first-order chi connectivity index (χ1) is 7.15. The predicted molar refractivity (Wildman–Crippen MR) is 63.2 cm³/mol. The van der Waals surface area contributed by atoms with Crippen molar-refractivity contribution in [2.45, 2.75) is 18.9 Å². The molecular formula is C12H20N2O. The molecule has 1 rings (SSSR count). The van der Waals surface area contributed by atoms with Crippen molar-refractivity contribution < 1.29 is 4.74 Å². The Morgan fingerprint density at radius 1 is 1.40 bits per heavy atom. The predicted octanol–water partition coefficient (Wildman–Crippen LogP) is 1.17. The van der Waals surface area contributed by atoms with Gasteiger partial charge in [0.2, 0.25) is 0 Å². The topological polar surface area (TPSA) is 47.3 Å². The van der Waals surface area contributed by atoms with Crippen LogP contribution in [0, 0.1) is 0 Å². The Balaban J connectivity index is 2.87. The van der Waals surface area contributed by atoms with Gasteiger partial charge in [-0.25, -0.2) is 0 Å². The maximum absolute atomic E-state index is 5.75. The number of nitrogens with one attached hydrogen (secondary N) is 1. The minimum atomic E-state index is -0.0748. The first-order valence-corrected chi connectivity index (χ1v) is 5.16. The van der Waals surface area contributed by atoms with E-state index >= 15 is 0 Å². The maximum Gasteiger partial charge on any atom is 0.122 e. The van der Waals surface area contributed by atoms with Crippen LogP contribution < -0.4 is 15.8 Å². The summed E-state index contributed by atoms with van der Waals surface area (Å²) in [7, 11) is 3.63. The molecule has 0 radical (unpaired) electrons. The van der Waals surface area contributed by atoms with Crippen LogP contribution in [-0.2, 0) is 6.42 Å². The smallest absolute Gasteiger partial charge is 0.122 e. The summed E-state index contributed by atoms with van der Waals surface area (Å²) in [6.07, 6.45) is 0.865. The Labute approximate surface area is 91.6 Å². The van der Waals surface area contributed by atoms with E-state index in [4.69, 9.17) is 10.5 Å². The van der Waals surface area contributed by atoms with Gasteiger partial charge >= 0.3 is 0 Å². The quantitative estimate of drug-likeness (QED) is 0.763. The van der Waals surface area contributed by atoms with E-state index in [2.05, 4.69) is 18.3 Å². The van der Waals surface area contributed by atoms with Crippen molar-refractivity contribution in [2.24, 2.45) is 5.73 Å². The van der Waals surface area contributed by atoms with Crippen LogP contribution in [0.25, 0.3) is 0 Å². The van der Waals surface area contributed by atoms with Crippen LogP contribution in [0.1, 0.15) is 12.5 Å². The Morgan fingerprint density at radius 2 is 2.07 bits per heavy atom. The van der Waals surface area contributed by atoms with Gasteiger partial charge in [-0.3, -0.25) is 0 Å². The third-order valence-electron chi connectivity index (χ3n) is 2.83. The van der Waals surface area contributed by atoms with Gasteiger partial charge in [0.25, 0.3) is 0 Å². The van der Waals surface area contributed by atoms with Gasteiger partial charge in [0, 0.05) is 12.1 Å². The van der Waals surface area contributed by atoms with E-state index in [-0.39, 0.29) is 5.54 Å². The molecule has 0 heterocycles. The zero-order valence-corrected chi connectivity index (χ0v) is 9.71. The molecule has 3 nitrogen and oxygen atoms in total. The Bertz CT molecular complexity index is 308. The number of ether oxygens (including phenoxy) is 1. The van der Waals surface area contributed by atoms with Crippen molar-refractivity contribution >= 4 is 0 Å². The summed E-state index contributed by atoms with van der Waals surface area (Å²) in [5, 5.41) is 3.25. The summed E-state index contributed by atoms with van der Waals surface area (Å²) in [4.78, 5) is 0. The molecule has 3 heteroatoms.